The van der Waals surface area contributed by atoms with Gasteiger partial charge in [-0.25, -0.2) is 8.78 Å². The van der Waals surface area contributed by atoms with Gasteiger partial charge >= 0.3 is 0 Å². The summed E-state index contributed by atoms with van der Waals surface area (Å²) in [6, 6.07) is 2.51. The highest BCUT2D eigenvalue weighted by Gasteiger charge is 2.35. The monoisotopic (exact) mass is 548 g/mol. The number of carbonyl (C=O) groups excluding carboxylic acids is 1. The Morgan fingerprint density at radius 1 is 1.13 bits per heavy atom. The number of ether oxygens (including phenoxy) is 2. The van der Waals surface area contributed by atoms with Gasteiger partial charge in [-0.1, -0.05) is 45.1 Å². The first-order valence-corrected chi connectivity index (χ1v) is 14.1. The fourth-order valence-corrected chi connectivity index (χ4v) is 4.71. The van der Waals surface area contributed by atoms with Crippen molar-refractivity contribution in [3.05, 3.63) is 71.4 Å². The zero-order chi connectivity index (χ0) is 28.7. The highest BCUT2D eigenvalue weighted by molar-refractivity contribution is 5.76. The quantitative estimate of drug-likeness (QED) is 0.211. The second kappa shape index (κ2) is 17.3. The van der Waals surface area contributed by atoms with Crippen molar-refractivity contribution in [3.63, 3.8) is 0 Å². The van der Waals surface area contributed by atoms with Crippen molar-refractivity contribution in [2.75, 3.05) is 26.3 Å². The molecule has 1 amide bonds. The summed E-state index contributed by atoms with van der Waals surface area (Å²) in [6.07, 6.45) is 10.0. The Bertz CT molecular complexity index is 953. The summed E-state index contributed by atoms with van der Waals surface area (Å²) in [5.41, 5.74) is 2.51. The number of rotatable bonds is 18. The second-order valence-corrected chi connectivity index (χ2v) is 10.1. The molecule has 218 valence electrons. The summed E-state index contributed by atoms with van der Waals surface area (Å²) in [7, 11) is 0. The molecule has 1 aromatic carbocycles. The van der Waals surface area contributed by atoms with Crippen LogP contribution in [0.2, 0.25) is 0 Å². The van der Waals surface area contributed by atoms with E-state index < -0.39 is 29.6 Å². The van der Waals surface area contributed by atoms with Gasteiger partial charge in [0.25, 0.3) is 0 Å². The fraction of sp³-hybridized carbons (Fsp3) is 0.581. The molecule has 1 aromatic rings. The molecule has 0 radical (unpaired) electrons. The van der Waals surface area contributed by atoms with Crippen molar-refractivity contribution >= 4 is 5.91 Å². The molecule has 1 saturated heterocycles. The number of amides is 1. The van der Waals surface area contributed by atoms with Crippen molar-refractivity contribution < 1.29 is 28.2 Å². The molecule has 0 saturated carbocycles. The van der Waals surface area contributed by atoms with Gasteiger partial charge in [-0.15, -0.1) is 0 Å². The Morgan fingerprint density at radius 3 is 2.38 bits per heavy atom. The molecule has 1 aliphatic rings. The van der Waals surface area contributed by atoms with Gasteiger partial charge < -0.3 is 25.2 Å². The molecular weight excluding hydrogens is 502 g/mol. The number of aliphatic hydroxyl groups excluding tert-OH is 1. The third-order valence-corrected chi connectivity index (χ3v) is 6.97. The number of carbonyl (C=O) groups is 1. The summed E-state index contributed by atoms with van der Waals surface area (Å²) in [6.45, 7) is 11.7. The Morgan fingerprint density at radius 2 is 1.79 bits per heavy atom. The topological polar surface area (TPSA) is 79.8 Å². The standard InChI is InChI=1S/C31H46F2N2O4/c1-5-9-12-31(38-14-15-39-31)13-10-11-30(37)35-28(19-25-17-26(32)20-27(33)18-25)29(36)22-34-21-24(8-4)16-23(6-2)7-3/h6,8,16-18,20,28-29,34,36H,2,5,7,9-15,19,21-22H2,1,3-4H3,(H,35,37)/b23-16+,24-8+. The van der Waals surface area contributed by atoms with Crippen molar-refractivity contribution in [1.29, 1.82) is 0 Å². The van der Waals surface area contributed by atoms with Crippen LogP contribution in [0.3, 0.4) is 0 Å². The zero-order valence-electron chi connectivity index (χ0n) is 23.7. The number of hydrogen-bond donors (Lipinski definition) is 3. The van der Waals surface area contributed by atoms with Gasteiger partial charge in [0.05, 0.1) is 25.4 Å². The number of aliphatic hydroxyl groups is 1. The molecule has 0 aromatic heterocycles. The number of nitrogens with one attached hydrogen (secondary N) is 2. The maximum atomic E-state index is 13.8. The molecular formula is C31H46F2N2O4. The lowest BCUT2D eigenvalue weighted by atomic mass is 9.99. The van der Waals surface area contributed by atoms with Crippen LogP contribution in [0.5, 0.6) is 0 Å². The van der Waals surface area contributed by atoms with Crippen molar-refractivity contribution in [2.45, 2.75) is 90.1 Å². The Hall–Kier alpha value is -2.39. The van der Waals surface area contributed by atoms with Crippen LogP contribution < -0.4 is 10.6 Å². The average Bonchev–Trinajstić information content (AvgIpc) is 3.37. The van der Waals surface area contributed by atoms with Crippen molar-refractivity contribution in [2.24, 2.45) is 0 Å². The van der Waals surface area contributed by atoms with Gasteiger partial charge in [-0.05, 0) is 61.4 Å². The highest BCUT2D eigenvalue weighted by Crippen LogP contribution is 2.31. The van der Waals surface area contributed by atoms with Crippen LogP contribution in [0, 0.1) is 11.6 Å². The largest absolute Gasteiger partial charge is 0.390 e. The summed E-state index contributed by atoms with van der Waals surface area (Å²) in [5.74, 6) is -2.26. The number of unbranched alkanes of at least 4 members (excludes halogenated alkanes) is 1. The van der Waals surface area contributed by atoms with E-state index in [1.165, 1.54) is 12.1 Å². The second-order valence-electron chi connectivity index (χ2n) is 10.1. The number of hydrogen-bond acceptors (Lipinski definition) is 5. The predicted octanol–water partition coefficient (Wildman–Crippen LogP) is 5.51. The normalized spacial score (nSPS) is 17.2. The van der Waals surface area contributed by atoms with Gasteiger partial charge in [-0.3, -0.25) is 4.79 Å². The summed E-state index contributed by atoms with van der Waals surface area (Å²) >= 11 is 0. The van der Waals surface area contributed by atoms with Gasteiger partial charge in [0, 0.05) is 38.4 Å². The molecule has 3 N–H and O–H groups in total. The predicted molar refractivity (Wildman–Crippen MR) is 151 cm³/mol. The highest BCUT2D eigenvalue weighted by atomic mass is 19.1. The Balaban J connectivity index is 2.01. The first-order valence-electron chi connectivity index (χ1n) is 14.1. The molecule has 0 bridgehead atoms. The van der Waals surface area contributed by atoms with Gasteiger partial charge in [-0.2, -0.15) is 0 Å². The van der Waals surface area contributed by atoms with Crippen LogP contribution >= 0.6 is 0 Å². The Kier molecular flexibility index (Phi) is 14.6. The number of halogens is 2. The molecule has 39 heavy (non-hydrogen) atoms. The van der Waals surface area contributed by atoms with Gasteiger partial charge in [0.1, 0.15) is 11.6 Å². The number of allylic oxidation sites excluding steroid dienone is 3. The number of benzene rings is 1. The van der Waals surface area contributed by atoms with E-state index in [0.29, 0.717) is 38.2 Å². The molecule has 8 heteroatoms. The van der Waals surface area contributed by atoms with Gasteiger partial charge in [0.15, 0.2) is 5.79 Å². The molecule has 1 aliphatic heterocycles. The van der Waals surface area contributed by atoms with E-state index in [1.54, 1.807) is 0 Å². The van der Waals surface area contributed by atoms with Crippen LogP contribution in [-0.4, -0.2) is 55.2 Å². The third kappa shape index (κ3) is 11.7. The molecule has 1 heterocycles. The maximum absolute atomic E-state index is 13.8. The maximum Gasteiger partial charge on any atom is 0.220 e. The SMILES string of the molecule is C=C/C(=C\C(=C/C)CNCC(O)C(Cc1cc(F)cc(F)c1)NC(=O)CCCC1(CCCC)OCCO1)CC. The van der Waals surface area contributed by atoms with E-state index >= 15 is 0 Å². The van der Waals surface area contributed by atoms with E-state index in [9.17, 15) is 18.7 Å². The first kappa shape index (κ1) is 32.8. The van der Waals surface area contributed by atoms with Crippen molar-refractivity contribution in [1.82, 2.24) is 10.6 Å². The van der Waals surface area contributed by atoms with E-state index in [-0.39, 0.29) is 25.3 Å². The lowest BCUT2D eigenvalue weighted by Gasteiger charge is -2.28. The van der Waals surface area contributed by atoms with Crippen LogP contribution in [-0.2, 0) is 20.7 Å². The van der Waals surface area contributed by atoms with E-state index in [4.69, 9.17) is 9.47 Å². The summed E-state index contributed by atoms with van der Waals surface area (Å²) < 4.78 is 39.4. The molecule has 6 nitrogen and oxygen atoms in total. The lowest BCUT2D eigenvalue weighted by molar-refractivity contribution is -0.168. The van der Waals surface area contributed by atoms with Crippen molar-refractivity contribution in [3.8, 4) is 0 Å². The van der Waals surface area contributed by atoms with Crippen LogP contribution in [0.1, 0.15) is 71.3 Å². The molecule has 1 fully saturated rings. The minimum absolute atomic E-state index is 0.0861. The fourth-order valence-electron chi connectivity index (χ4n) is 4.71. The van der Waals surface area contributed by atoms with Crippen LogP contribution in [0.4, 0.5) is 8.78 Å². The van der Waals surface area contributed by atoms with Crippen LogP contribution in [0.25, 0.3) is 0 Å². The van der Waals surface area contributed by atoms with Crippen LogP contribution in [0.15, 0.2) is 54.2 Å². The molecule has 2 atom stereocenters. The molecule has 0 aliphatic carbocycles. The van der Waals surface area contributed by atoms with E-state index in [1.807, 2.05) is 25.2 Å². The lowest BCUT2D eigenvalue weighted by Crippen LogP contribution is -2.49. The zero-order valence-corrected chi connectivity index (χ0v) is 23.7. The van der Waals surface area contributed by atoms with Gasteiger partial charge in [0.2, 0.25) is 5.91 Å². The Labute approximate surface area is 232 Å². The molecule has 0 spiro atoms. The minimum atomic E-state index is -0.982. The minimum Gasteiger partial charge on any atom is -0.390 e. The summed E-state index contributed by atoms with van der Waals surface area (Å²) in [4.78, 5) is 12.9. The average molecular weight is 549 g/mol. The third-order valence-electron chi connectivity index (χ3n) is 6.97. The molecule has 2 rings (SSSR count). The first-order chi connectivity index (χ1) is 18.7. The van der Waals surface area contributed by atoms with E-state index in [0.717, 1.165) is 42.9 Å². The molecule has 2 unspecified atom stereocenters. The summed E-state index contributed by atoms with van der Waals surface area (Å²) in [5, 5.41) is 17.1. The van der Waals surface area contributed by atoms with E-state index in [2.05, 4.69) is 31.1 Å². The smallest absolute Gasteiger partial charge is 0.220 e.